The van der Waals surface area contributed by atoms with Crippen molar-refractivity contribution in [3.05, 3.63) is 21.1 Å². The fourth-order valence-electron chi connectivity index (χ4n) is 1.18. The van der Waals surface area contributed by atoms with E-state index in [-0.39, 0.29) is 24.8 Å². The van der Waals surface area contributed by atoms with Crippen molar-refractivity contribution >= 4 is 0 Å². The third-order valence-corrected chi connectivity index (χ3v) is 2.82. The fourth-order valence-corrected chi connectivity index (χ4v) is 1.77. The van der Waals surface area contributed by atoms with Gasteiger partial charge in [-0.2, -0.15) is 0 Å². The molecule has 1 aliphatic rings. The zero-order chi connectivity index (χ0) is 7.40. The Hall–Kier alpha value is 0.930. The first kappa shape index (κ1) is 15.4. The van der Waals surface area contributed by atoms with Crippen LogP contribution in [-0.2, 0) is 24.4 Å². The average molecular weight is 237 g/mol. The van der Waals surface area contributed by atoms with Gasteiger partial charge in [0.15, 0.2) is 0 Å². The smallest absolute Gasteiger partial charge is 1.00 e. The summed E-state index contributed by atoms with van der Waals surface area (Å²) in [6, 6.07) is 0. The SMILES string of the molecule is CCCCC1=[C]([Sc+2])CC=C1.[Cl-].[Cl-]. The number of hydrogen-bond donors (Lipinski definition) is 0. The minimum Gasteiger partial charge on any atom is -1.00 e. The minimum absolute atomic E-state index is 0. The van der Waals surface area contributed by atoms with Crippen molar-refractivity contribution in [2.75, 3.05) is 0 Å². The summed E-state index contributed by atoms with van der Waals surface area (Å²) >= 11 is 1.80. The second-order valence-corrected chi connectivity index (χ2v) is 3.85. The van der Waals surface area contributed by atoms with E-state index in [9.17, 15) is 0 Å². The van der Waals surface area contributed by atoms with E-state index in [2.05, 4.69) is 19.1 Å². The summed E-state index contributed by atoms with van der Waals surface area (Å²) in [5.41, 5.74) is 1.61. The van der Waals surface area contributed by atoms with Crippen LogP contribution in [0.3, 0.4) is 0 Å². The van der Waals surface area contributed by atoms with E-state index in [4.69, 9.17) is 0 Å². The van der Waals surface area contributed by atoms with Gasteiger partial charge in [-0.15, -0.1) is 0 Å². The molecule has 0 fully saturated rings. The quantitative estimate of drug-likeness (QED) is 0.489. The molecule has 0 atom stereocenters. The van der Waals surface area contributed by atoms with E-state index in [0.717, 1.165) is 0 Å². The van der Waals surface area contributed by atoms with Crippen LogP contribution in [0.25, 0.3) is 0 Å². The molecule has 0 aromatic rings. The normalized spacial score (nSPS) is 14.2. The van der Waals surface area contributed by atoms with Gasteiger partial charge in [0.2, 0.25) is 0 Å². The standard InChI is InChI=1S/C9H13.2ClH.Sc/c1-2-3-6-9-7-4-5-8-9;;;/h4,7H,2-3,5-6H2,1H3;2*1H;/q;;;+2/p-2. The molecule has 12 heavy (non-hydrogen) atoms. The minimum atomic E-state index is 0. The fraction of sp³-hybridized carbons (Fsp3) is 0.556. The summed E-state index contributed by atoms with van der Waals surface area (Å²) in [5, 5.41) is 0. The van der Waals surface area contributed by atoms with Crippen LogP contribution in [0.2, 0.25) is 0 Å². The van der Waals surface area contributed by atoms with Crippen molar-refractivity contribution in [2.45, 2.75) is 32.6 Å². The van der Waals surface area contributed by atoms with Crippen LogP contribution in [-0.4, -0.2) is 0 Å². The average Bonchev–Trinajstić information content (AvgIpc) is 2.31. The molecule has 0 bridgehead atoms. The molecule has 0 aliphatic heterocycles. The maximum absolute atomic E-state index is 2.30. The molecule has 3 heteroatoms. The molecule has 0 N–H and O–H groups in total. The largest absolute Gasteiger partial charge is 1.00 e. The number of halogens is 2. The van der Waals surface area contributed by atoms with Crippen molar-refractivity contribution in [3.63, 3.8) is 0 Å². The Morgan fingerprint density at radius 2 is 2.08 bits per heavy atom. The van der Waals surface area contributed by atoms with Crippen molar-refractivity contribution in [3.8, 4) is 0 Å². The Kier molecular flexibility index (Phi) is 10.9. The van der Waals surface area contributed by atoms with Crippen LogP contribution in [0.4, 0.5) is 0 Å². The molecule has 0 unspecified atom stereocenters. The maximum atomic E-state index is 2.30. The molecular weight excluding hydrogens is 224 g/mol. The first-order chi connectivity index (χ1) is 4.84. The van der Waals surface area contributed by atoms with E-state index < -0.39 is 0 Å². The molecule has 1 aliphatic carbocycles. The van der Waals surface area contributed by atoms with Crippen molar-refractivity contribution in [2.24, 2.45) is 0 Å². The van der Waals surface area contributed by atoms with Crippen LogP contribution >= 0.6 is 0 Å². The summed E-state index contributed by atoms with van der Waals surface area (Å²) in [4.78, 5) is 0. The molecule has 0 aromatic heterocycles. The second kappa shape index (κ2) is 8.52. The summed E-state index contributed by atoms with van der Waals surface area (Å²) < 4.78 is 1.64. The van der Waals surface area contributed by atoms with Gasteiger partial charge in [0.05, 0.1) is 0 Å². The van der Waals surface area contributed by atoms with Crippen LogP contribution in [0.15, 0.2) is 21.1 Å². The molecule has 0 spiro atoms. The second-order valence-electron chi connectivity index (χ2n) is 2.76. The van der Waals surface area contributed by atoms with Gasteiger partial charge in [0.1, 0.15) is 0 Å². The maximum Gasteiger partial charge on any atom is -1.00 e. The molecule has 0 aromatic carbocycles. The van der Waals surface area contributed by atoms with Crippen LogP contribution in [0, 0.1) is 0 Å². The Balaban J connectivity index is 0. The molecular formula is C9H13Cl2Sc. The summed E-state index contributed by atoms with van der Waals surface area (Å²) in [5.74, 6) is 0. The van der Waals surface area contributed by atoms with Crippen LogP contribution in [0.1, 0.15) is 32.6 Å². The molecule has 0 radical (unpaired) electrons. The first-order valence-electron chi connectivity index (χ1n) is 3.98. The molecule has 0 saturated carbocycles. The molecule has 0 heterocycles. The third kappa shape index (κ3) is 4.84. The van der Waals surface area contributed by atoms with Gasteiger partial charge in [-0.1, -0.05) is 0 Å². The molecule has 0 saturated heterocycles. The van der Waals surface area contributed by atoms with Crippen molar-refractivity contribution in [1.82, 2.24) is 0 Å². The number of unbranched alkanes of at least 4 members (excludes halogenated alkanes) is 1. The third-order valence-electron chi connectivity index (χ3n) is 1.87. The van der Waals surface area contributed by atoms with E-state index in [0.29, 0.717) is 0 Å². The van der Waals surface area contributed by atoms with Crippen molar-refractivity contribution in [1.29, 1.82) is 0 Å². The zero-order valence-electron chi connectivity index (χ0n) is 7.32. The van der Waals surface area contributed by atoms with Gasteiger partial charge in [-0.3, -0.25) is 0 Å². The Labute approximate surface area is 102 Å². The van der Waals surface area contributed by atoms with E-state index in [1.54, 1.807) is 33.3 Å². The first-order valence-corrected chi connectivity index (χ1v) is 4.88. The molecule has 66 valence electrons. The Morgan fingerprint density at radius 3 is 2.50 bits per heavy atom. The summed E-state index contributed by atoms with van der Waals surface area (Å²) in [7, 11) is 0. The van der Waals surface area contributed by atoms with Crippen LogP contribution in [0.5, 0.6) is 0 Å². The Bertz CT molecular complexity index is 173. The summed E-state index contributed by atoms with van der Waals surface area (Å²) in [6.45, 7) is 2.25. The van der Waals surface area contributed by atoms with Crippen LogP contribution < -0.4 is 24.8 Å². The van der Waals surface area contributed by atoms with E-state index >= 15 is 0 Å². The monoisotopic (exact) mass is 236 g/mol. The topological polar surface area (TPSA) is 0 Å². The van der Waals surface area contributed by atoms with Crippen molar-refractivity contribution < 1.29 is 49.2 Å². The van der Waals surface area contributed by atoms with Gasteiger partial charge < -0.3 is 24.8 Å². The predicted molar refractivity (Wildman–Crippen MR) is 40.3 cm³/mol. The van der Waals surface area contributed by atoms with Gasteiger partial charge in [-0.05, 0) is 0 Å². The van der Waals surface area contributed by atoms with Gasteiger partial charge >= 0.3 is 78.0 Å². The molecule has 0 nitrogen and oxygen atoms in total. The Morgan fingerprint density at radius 1 is 1.42 bits per heavy atom. The number of hydrogen-bond acceptors (Lipinski definition) is 0. The van der Waals surface area contributed by atoms with Gasteiger partial charge in [0, 0.05) is 0 Å². The number of allylic oxidation sites excluding steroid dienone is 4. The molecule has 1 rings (SSSR count). The number of rotatable bonds is 3. The summed E-state index contributed by atoms with van der Waals surface area (Å²) in [6.07, 6.45) is 9.78. The molecule has 0 amide bonds. The van der Waals surface area contributed by atoms with Gasteiger partial charge in [0.25, 0.3) is 0 Å². The van der Waals surface area contributed by atoms with Gasteiger partial charge in [-0.25, -0.2) is 0 Å². The van der Waals surface area contributed by atoms with E-state index in [1.807, 2.05) is 0 Å². The zero-order valence-corrected chi connectivity index (χ0v) is 10.6. The van der Waals surface area contributed by atoms with E-state index in [1.165, 1.54) is 25.7 Å². The predicted octanol–water partition coefficient (Wildman–Crippen LogP) is -3.05.